The quantitative estimate of drug-likeness (QED) is 0.460. The largest absolute Gasteiger partial charge is 0.459 e. The number of hydrogen-bond acceptors (Lipinski definition) is 6. The number of amides is 1. The third-order valence-corrected chi connectivity index (χ3v) is 6.74. The first-order chi connectivity index (χ1) is 13.9. The van der Waals surface area contributed by atoms with E-state index < -0.39 is 24.8 Å². The van der Waals surface area contributed by atoms with Gasteiger partial charge >= 0.3 is 13.6 Å². The molecule has 2 rings (SSSR count). The van der Waals surface area contributed by atoms with Gasteiger partial charge in [-0.2, -0.15) is 0 Å². The zero-order valence-corrected chi connectivity index (χ0v) is 17.7. The van der Waals surface area contributed by atoms with Gasteiger partial charge in [-0.3, -0.25) is 9.36 Å². The van der Waals surface area contributed by atoms with Crippen molar-refractivity contribution in [2.45, 2.75) is 32.7 Å². The molecule has 1 N–H and O–H groups in total. The van der Waals surface area contributed by atoms with Gasteiger partial charge in [0.25, 0.3) is 5.91 Å². The molecule has 2 aromatic rings. The predicted molar refractivity (Wildman–Crippen MR) is 109 cm³/mol. The Morgan fingerprint density at radius 2 is 1.45 bits per heavy atom. The molecule has 7 nitrogen and oxygen atoms in total. The molecular formula is C21H26NO6P. The maximum Gasteiger partial charge on any atom is 0.367 e. The van der Waals surface area contributed by atoms with Gasteiger partial charge in [-0.1, -0.05) is 48.5 Å². The molecular weight excluding hydrogens is 393 g/mol. The second-order valence-electron chi connectivity index (χ2n) is 6.29. The average Bonchev–Trinajstić information content (AvgIpc) is 2.73. The standard InChI is InChI=1S/C21H26NO6P/c1-4-27-29(25,28-5-2)21(3,22-19(23)18-14-10-7-11-15-18)20(24)26-16-17-12-8-6-9-13-17/h6-15H,4-5,16H2,1-3H3,(H,22,23). The van der Waals surface area contributed by atoms with Crippen molar-refractivity contribution in [1.29, 1.82) is 0 Å². The van der Waals surface area contributed by atoms with Crippen LogP contribution < -0.4 is 5.32 Å². The van der Waals surface area contributed by atoms with E-state index in [1.807, 2.05) is 18.2 Å². The number of carbonyl (C=O) groups excluding carboxylic acids is 2. The van der Waals surface area contributed by atoms with Gasteiger partial charge in [-0.15, -0.1) is 0 Å². The van der Waals surface area contributed by atoms with Crippen molar-refractivity contribution in [1.82, 2.24) is 5.32 Å². The maximum absolute atomic E-state index is 13.5. The number of carbonyl (C=O) groups is 2. The number of esters is 1. The minimum Gasteiger partial charge on any atom is -0.459 e. The highest BCUT2D eigenvalue weighted by Gasteiger charge is 2.56. The number of ether oxygens (including phenoxy) is 1. The van der Waals surface area contributed by atoms with Crippen LogP contribution in [0.25, 0.3) is 0 Å². The summed E-state index contributed by atoms with van der Waals surface area (Å²) in [5, 5.41) is 0.502. The Morgan fingerprint density at radius 3 is 1.97 bits per heavy atom. The van der Waals surface area contributed by atoms with Crippen LogP contribution in [-0.2, 0) is 29.8 Å². The lowest BCUT2D eigenvalue weighted by atomic mass is 10.2. The normalized spacial score (nSPS) is 13.3. The first kappa shape index (κ1) is 22.8. The zero-order valence-electron chi connectivity index (χ0n) is 16.8. The lowest BCUT2D eigenvalue weighted by molar-refractivity contribution is -0.149. The summed E-state index contributed by atoms with van der Waals surface area (Å²) in [4.78, 5) is 25.8. The van der Waals surface area contributed by atoms with Crippen molar-refractivity contribution in [2.75, 3.05) is 13.2 Å². The van der Waals surface area contributed by atoms with Crippen LogP contribution in [-0.4, -0.2) is 30.4 Å². The first-order valence-electron chi connectivity index (χ1n) is 9.34. The van der Waals surface area contributed by atoms with Crippen LogP contribution in [0.5, 0.6) is 0 Å². The maximum atomic E-state index is 13.5. The van der Waals surface area contributed by atoms with Gasteiger partial charge in [-0.05, 0) is 38.5 Å². The van der Waals surface area contributed by atoms with Crippen LogP contribution in [0, 0.1) is 0 Å². The van der Waals surface area contributed by atoms with Crippen molar-refractivity contribution in [2.24, 2.45) is 0 Å². The molecule has 0 aliphatic heterocycles. The summed E-state index contributed by atoms with van der Waals surface area (Å²) < 4.78 is 29.6. The predicted octanol–water partition coefficient (Wildman–Crippen LogP) is 4.14. The number of rotatable bonds is 10. The van der Waals surface area contributed by atoms with E-state index >= 15 is 0 Å². The summed E-state index contributed by atoms with van der Waals surface area (Å²) >= 11 is 0. The third kappa shape index (κ3) is 5.54. The molecule has 29 heavy (non-hydrogen) atoms. The van der Waals surface area contributed by atoms with E-state index in [0.717, 1.165) is 5.56 Å². The van der Waals surface area contributed by atoms with Gasteiger partial charge in [0.2, 0.25) is 5.28 Å². The molecule has 0 saturated heterocycles. The summed E-state index contributed by atoms with van der Waals surface area (Å²) in [7, 11) is -4.10. The Bertz CT molecular complexity index is 848. The van der Waals surface area contributed by atoms with Gasteiger partial charge in [0.1, 0.15) is 6.61 Å². The van der Waals surface area contributed by atoms with Crippen molar-refractivity contribution in [3.05, 3.63) is 71.8 Å². The molecule has 0 aromatic heterocycles. The fourth-order valence-corrected chi connectivity index (χ4v) is 4.41. The topological polar surface area (TPSA) is 90.9 Å². The molecule has 1 atom stereocenters. The van der Waals surface area contributed by atoms with Crippen LogP contribution in [0.1, 0.15) is 36.7 Å². The second-order valence-corrected chi connectivity index (χ2v) is 8.69. The number of nitrogens with one attached hydrogen (secondary N) is 1. The molecule has 0 aliphatic carbocycles. The molecule has 2 aromatic carbocycles. The monoisotopic (exact) mass is 419 g/mol. The highest BCUT2D eigenvalue weighted by atomic mass is 31.2. The van der Waals surface area contributed by atoms with Crippen LogP contribution in [0.4, 0.5) is 0 Å². The Kier molecular flexibility index (Phi) is 8.14. The lowest BCUT2D eigenvalue weighted by Gasteiger charge is -2.34. The molecule has 0 saturated carbocycles. The van der Waals surface area contributed by atoms with E-state index in [1.165, 1.54) is 6.92 Å². The Morgan fingerprint density at radius 1 is 0.931 bits per heavy atom. The molecule has 0 radical (unpaired) electrons. The number of hydrogen-bond donors (Lipinski definition) is 1. The zero-order chi connectivity index (χ0) is 21.3. The minimum atomic E-state index is -4.10. The molecule has 8 heteroatoms. The molecule has 156 valence electrons. The number of benzene rings is 2. The van der Waals surface area contributed by atoms with Crippen molar-refractivity contribution < 1.29 is 27.9 Å². The molecule has 0 spiro atoms. The van der Waals surface area contributed by atoms with E-state index in [4.69, 9.17) is 13.8 Å². The fraction of sp³-hybridized carbons (Fsp3) is 0.333. The van der Waals surface area contributed by atoms with Gasteiger partial charge in [0, 0.05) is 5.56 Å². The Labute approximate surface area is 170 Å². The average molecular weight is 419 g/mol. The molecule has 0 bridgehead atoms. The summed E-state index contributed by atoms with van der Waals surface area (Å²) in [5.41, 5.74) is 1.05. The van der Waals surface area contributed by atoms with Gasteiger partial charge < -0.3 is 19.1 Å². The molecule has 0 aliphatic rings. The van der Waals surface area contributed by atoms with Crippen molar-refractivity contribution in [3.63, 3.8) is 0 Å². The van der Waals surface area contributed by atoms with E-state index in [-0.39, 0.29) is 19.8 Å². The van der Waals surface area contributed by atoms with Crippen LogP contribution >= 0.6 is 7.60 Å². The van der Waals surface area contributed by atoms with Crippen LogP contribution in [0.3, 0.4) is 0 Å². The van der Waals surface area contributed by atoms with Crippen molar-refractivity contribution in [3.8, 4) is 0 Å². The minimum absolute atomic E-state index is 0.0278. The van der Waals surface area contributed by atoms with Crippen LogP contribution in [0.15, 0.2) is 60.7 Å². The highest BCUT2D eigenvalue weighted by molar-refractivity contribution is 7.56. The molecule has 1 unspecified atom stereocenters. The summed E-state index contributed by atoms with van der Waals surface area (Å²) in [6.07, 6.45) is 0. The summed E-state index contributed by atoms with van der Waals surface area (Å²) in [6, 6.07) is 17.3. The third-order valence-electron chi connectivity index (χ3n) is 4.15. The summed E-state index contributed by atoms with van der Waals surface area (Å²) in [5.74, 6) is -1.50. The Balaban J connectivity index is 2.33. The summed E-state index contributed by atoms with van der Waals surface area (Å²) in [6.45, 7) is 4.56. The molecule has 0 heterocycles. The Hall–Kier alpha value is -2.47. The van der Waals surface area contributed by atoms with E-state index in [2.05, 4.69) is 5.32 Å². The van der Waals surface area contributed by atoms with Gasteiger partial charge in [0.15, 0.2) is 0 Å². The first-order valence-corrected chi connectivity index (χ1v) is 10.9. The van der Waals surface area contributed by atoms with Gasteiger partial charge in [-0.25, -0.2) is 4.79 Å². The lowest BCUT2D eigenvalue weighted by Crippen LogP contribution is -2.53. The van der Waals surface area contributed by atoms with Gasteiger partial charge in [0.05, 0.1) is 13.2 Å². The smallest absolute Gasteiger partial charge is 0.367 e. The van der Waals surface area contributed by atoms with Crippen molar-refractivity contribution >= 4 is 19.5 Å². The molecule has 1 amide bonds. The van der Waals surface area contributed by atoms with E-state index in [1.54, 1.807) is 56.3 Å². The second kappa shape index (κ2) is 10.3. The highest BCUT2D eigenvalue weighted by Crippen LogP contribution is 2.59. The molecule has 0 fully saturated rings. The van der Waals surface area contributed by atoms with Crippen LogP contribution in [0.2, 0.25) is 0 Å². The van der Waals surface area contributed by atoms with E-state index in [0.29, 0.717) is 5.56 Å². The SMILES string of the molecule is CCOP(=O)(OCC)C(C)(NC(=O)c1ccccc1)C(=O)OCc1ccccc1. The van der Waals surface area contributed by atoms with E-state index in [9.17, 15) is 14.2 Å². The fourth-order valence-electron chi connectivity index (χ4n) is 2.61.